The molecule has 114 valence electrons. The minimum absolute atomic E-state index is 0.0246. The van der Waals surface area contributed by atoms with Crippen molar-refractivity contribution in [3.63, 3.8) is 0 Å². The smallest absolute Gasteiger partial charge is 0.226 e. The number of benzene rings is 2. The lowest BCUT2D eigenvalue weighted by molar-refractivity contribution is -0.116. The second kappa shape index (κ2) is 5.28. The maximum absolute atomic E-state index is 12.2. The third-order valence-electron chi connectivity index (χ3n) is 4.15. The summed E-state index contributed by atoms with van der Waals surface area (Å²) in [5, 5.41) is 7.38. The standard InChI is InChI=1S/C18H16N4O/c19-17-16-14(12-7-3-1-4-8-12)11-15(23)20-18(16)22(21-17)13-9-5-2-6-10-13/h1-10,14H,11H2,(H2,19,21)(H,20,23). The van der Waals surface area contributed by atoms with E-state index in [9.17, 15) is 4.79 Å². The van der Waals surface area contributed by atoms with Crippen molar-refractivity contribution >= 4 is 17.5 Å². The van der Waals surface area contributed by atoms with E-state index in [0.29, 0.717) is 18.1 Å². The molecule has 0 spiro atoms. The summed E-state index contributed by atoms with van der Waals surface area (Å²) in [6.45, 7) is 0. The number of hydrogen-bond acceptors (Lipinski definition) is 3. The second-order valence-electron chi connectivity index (χ2n) is 5.61. The Morgan fingerprint density at radius 3 is 2.39 bits per heavy atom. The number of nitrogen functional groups attached to an aromatic ring is 1. The lowest BCUT2D eigenvalue weighted by Gasteiger charge is -2.24. The number of fused-ring (bicyclic) bond motifs is 1. The molecule has 1 aromatic heterocycles. The Balaban J connectivity index is 1.89. The Morgan fingerprint density at radius 1 is 1.04 bits per heavy atom. The number of nitrogens with two attached hydrogens (primary N) is 1. The van der Waals surface area contributed by atoms with Gasteiger partial charge >= 0.3 is 0 Å². The van der Waals surface area contributed by atoms with Gasteiger partial charge in [-0.1, -0.05) is 48.5 Å². The van der Waals surface area contributed by atoms with Crippen LogP contribution in [-0.2, 0) is 4.79 Å². The van der Waals surface area contributed by atoms with Crippen LogP contribution in [-0.4, -0.2) is 15.7 Å². The van der Waals surface area contributed by atoms with Gasteiger partial charge in [0.25, 0.3) is 0 Å². The van der Waals surface area contributed by atoms with Crippen LogP contribution in [0.2, 0.25) is 0 Å². The van der Waals surface area contributed by atoms with Gasteiger partial charge in [0.1, 0.15) is 5.82 Å². The number of nitrogens with one attached hydrogen (secondary N) is 1. The van der Waals surface area contributed by atoms with E-state index < -0.39 is 0 Å². The summed E-state index contributed by atoms with van der Waals surface area (Å²) < 4.78 is 1.71. The van der Waals surface area contributed by atoms with Gasteiger partial charge in [-0.15, -0.1) is 5.10 Å². The molecule has 3 aromatic rings. The number of carbonyl (C=O) groups is 1. The molecule has 2 aromatic carbocycles. The summed E-state index contributed by atoms with van der Waals surface area (Å²) in [7, 11) is 0. The molecule has 4 rings (SSSR count). The van der Waals surface area contributed by atoms with E-state index in [1.165, 1.54) is 0 Å². The first-order valence-corrected chi connectivity index (χ1v) is 7.52. The molecular weight excluding hydrogens is 288 g/mol. The Morgan fingerprint density at radius 2 is 1.70 bits per heavy atom. The molecule has 23 heavy (non-hydrogen) atoms. The monoisotopic (exact) mass is 304 g/mol. The molecule has 1 aliphatic heterocycles. The fourth-order valence-electron chi connectivity index (χ4n) is 3.11. The minimum atomic E-state index is -0.0718. The molecular formula is C18H16N4O. The lowest BCUT2D eigenvalue weighted by atomic mass is 9.87. The molecule has 0 fully saturated rings. The molecule has 1 aliphatic rings. The average Bonchev–Trinajstić information content (AvgIpc) is 2.92. The zero-order valence-corrected chi connectivity index (χ0v) is 12.4. The average molecular weight is 304 g/mol. The van der Waals surface area contributed by atoms with Crippen LogP contribution >= 0.6 is 0 Å². The highest BCUT2D eigenvalue weighted by Gasteiger charge is 2.32. The van der Waals surface area contributed by atoms with Crippen LogP contribution in [0.5, 0.6) is 0 Å². The molecule has 1 unspecified atom stereocenters. The van der Waals surface area contributed by atoms with Crippen molar-refractivity contribution in [1.82, 2.24) is 9.78 Å². The third-order valence-corrected chi connectivity index (χ3v) is 4.15. The Kier molecular flexibility index (Phi) is 3.12. The second-order valence-corrected chi connectivity index (χ2v) is 5.61. The summed E-state index contributed by atoms with van der Waals surface area (Å²) in [4.78, 5) is 12.2. The van der Waals surface area contributed by atoms with Crippen molar-refractivity contribution < 1.29 is 4.79 Å². The van der Waals surface area contributed by atoms with Crippen molar-refractivity contribution in [2.45, 2.75) is 12.3 Å². The fourth-order valence-corrected chi connectivity index (χ4v) is 3.11. The van der Waals surface area contributed by atoms with Gasteiger partial charge in [-0.05, 0) is 17.7 Å². The van der Waals surface area contributed by atoms with Crippen LogP contribution in [0.3, 0.4) is 0 Å². The summed E-state index contributed by atoms with van der Waals surface area (Å²) in [5.74, 6) is 1.03. The predicted molar refractivity (Wildman–Crippen MR) is 89.5 cm³/mol. The van der Waals surface area contributed by atoms with E-state index in [4.69, 9.17) is 5.73 Å². The lowest BCUT2D eigenvalue weighted by Crippen LogP contribution is -2.25. The number of nitrogens with zero attached hydrogens (tertiary/aromatic N) is 2. The Hall–Kier alpha value is -3.08. The highest BCUT2D eigenvalue weighted by atomic mass is 16.1. The summed E-state index contributed by atoms with van der Waals surface area (Å²) in [6, 6.07) is 19.6. The molecule has 5 nitrogen and oxygen atoms in total. The van der Waals surface area contributed by atoms with E-state index >= 15 is 0 Å². The number of hydrogen-bond donors (Lipinski definition) is 2. The molecule has 0 aliphatic carbocycles. The molecule has 5 heteroatoms. The third kappa shape index (κ3) is 2.26. The SMILES string of the molecule is Nc1nn(-c2ccccc2)c2c1C(c1ccccc1)CC(=O)N2. The maximum Gasteiger partial charge on any atom is 0.226 e. The number of carbonyl (C=O) groups excluding carboxylic acids is 1. The van der Waals surface area contributed by atoms with E-state index in [-0.39, 0.29) is 11.8 Å². The maximum atomic E-state index is 12.2. The van der Waals surface area contributed by atoms with Gasteiger partial charge in [0.05, 0.1) is 5.69 Å². The van der Waals surface area contributed by atoms with Crippen LogP contribution in [0, 0.1) is 0 Å². The molecule has 1 amide bonds. The van der Waals surface area contributed by atoms with Crippen molar-refractivity contribution in [3.8, 4) is 5.69 Å². The van der Waals surface area contributed by atoms with Crippen molar-refractivity contribution in [1.29, 1.82) is 0 Å². The van der Waals surface area contributed by atoms with Crippen molar-refractivity contribution in [3.05, 3.63) is 71.8 Å². The van der Waals surface area contributed by atoms with E-state index in [2.05, 4.69) is 10.4 Å². The van der Waals surface area contributed by atoms with E-state index in [1.54, 1.807) is 4.68 Å². The topological polar surface area (TPSA) is 72.9 Å². The van der Waals surface area contributed by atoms with Crippen LogP contribution < -0.4 is 11.1 Å². The van der Waals surface area contributed by atoms with Gasteiger partial charge in [0, 0.05) is 17.9 Å². The van der Waals surface area contributed by atoms with Gasteiger partial charge in [-0.25, -0.2) is 4.68 Å². The predicted octanol–water partition coefficient (Wildman–Crippen LogP) is 2.93. The summed E-state index contributed by atoms with van der Waals surface area (Å²) in [5.41, 5.74) is 9.02. The number of para-hydroxylation sites is 1. The normalized spacial score (nSPS) is 16.7. The van der Waals surface area contributed by atoms with Crippen molar-refractivity contribution in [2.24, 2.45) is 0 Å². The molecule has 1 atom stereocenters. The van der Waals surface area contributed by atoms with Gasteiger partial charge < -0.3 is 11.1 Å². The molecule has 3 N–H and O–H groups in total. The number of rotatable bonds is 2. The Labute approximate surface area is 133 Å². The van der Waals surface area contributed by atoms with Crippen LogP contribution in [0.25, 0.3) is 5.69 Å². The first-order chi connectivity index (χ1) is 11.2. The van der Waals surface area contributed by atoms with Gasteiger partial charge in [0.2, 0.25) is 5.91 Å². The highest BCUT2D eigenvalue weighted by molar-refractivity contribution is 5.96. The van der Waals surface area contributed by atoms with Crippen molar-refractivity contribution in [2.75, 3.05) is 11.1 Å². The fraction of sp³-hybridized carbons (Fsp3) is 0.111. The Bertz CT molecular complexity index is 855. The van der Waals surface area contributed by atoms with E-state index in [1.807, 2.05) is 60.7 Å². The first kappa shape index (κ1) is 13.6. The van der Waals surface area contributed by atoms with Gasteiger partial charge in [-0.3, -0.25) is 4.79 Å². The van der Waals surface area contributed by atoms with Crippen LogP contribution in [0.4, 0.5) is 11.6 Å². The number of aromatic nitrogens is 2. The van der Waals surface area contributed by atoms with Gasteiger partial charge in [0.15, 0.2) is 5.82 Å². The summed E-state index contributed by atoms with van der Waals surface area (Å²) >= 11 is 0. The number of anilines is 2. The zero-order valence-electron chi connectivity index (χ0n) is 12.4. The minimum Gasteiger partial charge on any atom is -0.382 e. The first-order valence-electron chi connectivity index (χ1n) is 7.52. The highest BCUT2D eigenvalue weighted by Crippen LogP contribution is 2.41. The van der Waals surface area contributed by atoms with Crippen LogP contribution in [0.1, 0.15) is 23.5 Å². The van der Waals surface area contributed by atoms with Crippen LogP contribution in [0.15, 0.2) is 60.7 Å². The largest absolute Gasteiger partial charge is 0.382 e. The molecule has 0 radical (unpaired) electrons. The quantitative estimate of drug-likeness (QED) is 0.764. The molecule has 0 bridgehead atoms. The number of amides is 1. The summed E-state index contributed by atoms with van der Waals surface area (Å²) in [6.07, 6.45) is 0.377. The van der Waals surface area contributed by atoms with E-state index in [0.717, 1.165) is 16.8 Å². The molecule has 0 saturated heterocycles. The van der Waals surface area contributed by atoms with Gasteiger partial charge in [-0.2, -0.15) is 0 Å². The molecule has 0 saturated carbocycles. The zero-order chi connectivity index (χ0) is 15.8. The molecule has 2 heterocycles.